The number of aromatic nitrogens is 5. The van der Waals surface area contributed by atoms with Crippen molar-refractivity contribution >= 4 is 0 Å². The summed E-state index contributed by atoms with van der Waals surface area (Å²) in [6, 6.07) is 5.71. The zero-order chi connectivity index (χ0) is 28.4. The third-order valence-corrected chi connectivity index (χ3v) is 5.28. The van der Waals surface area contributed by atoms with E-state index in [-0.39, 0.29) is 11.1 Å². The Morgan fingerprint density at radius 2 is 1.67 bits per heavy atom. The molecule has 0 radical (unpaired) electrons. The van der Waals surface area contributed by atoms with Gasteiger partial charge in [-0.3, -0.25) is 4.98 Å². The van der Waals surface area contributed by atoms with Crippen molar-refractivity contribution in [3.8, 4) is 17.6 Å². The van der Waals surface area contributed by atoms with Crippen LogP contribution in [-0.4, -0.2) is 36.7 Å². The number of rotatable bonds is 6. The van der Waals surface area contributed by atoms with Crippen molar-refractivity contribution in [3.05, 3.63) is 101 Å². The van der Waals surface area contributed by atoms with E-state index < -0.39 is 58.9 Å². The second-order valence-electron chi connectivity index (χ2n) is 7.94. The highest BCUT2D eigenvalue weighted by molar-refractivity contribution is 5.45. The number of aliphatic hydroxyl groups is 1. The molecule has 0 saturated heterocycles. The van der Waals surface area contributed by atoms with Gasteiger partial charge >= 0.3 is 12.3 Å². The summed E-state index contributed by atoms with van der Waals surface area (Å²) in [6.45, 7) is -1.05. The number of nitrogens with zero attached hydrogens (tertiary/aromatic N) is 5. The second-order valence-corrected chi connectivity index (χ2v) is 7.94. The Hall–Kier alpha value is -4.58. The molecule has 0 bridgehead atoms. The lowest BCUT2D eigenvalue weighted by Crippen LogP contribution is -2.48. The van der Waals surface area contributed by atoms with E-state index in [9.17, 15) is 31.4 Å². The summed E-state index contributed by atoms with van der Waals surface area (Å²) in [5.41, 5.74) is -5.66. The fourth-order valence-corrected chi connectivity index (χ4v) is 3.46. The van der Waals surface area contributed by atoms with E-state index in [4.69, 9.17) is 0 Å². The van der Waals surface area contributed by atoms with E-state index in [1.807, 2.05) is 0 Å². The maximum atomic E-state index is 15.7. The van der Waals surface area contributed by atoms with Crippen LogP contribution in [0.2, 0.25) is 0 Å². The Morgan fingerprint density at radius 1 is 0.897 bits per heavy atom. The summed E-state index contributed by atoms with van der Waals surface area (Å²) in [5, 5.41) is 21.1. The average Bonchev–Trinajstić information content (AvgIpc) is 3.35. The molecule has 1 N–H and O–H groups in total. The van der Waals surface area contributed by atoms with Gasteiger partial charge in [0, 0.05) is 29.5 Å². The third kappa shape index (κ3) is 5.96. The third-order valence-electron chi connectivity index (χ3n) is 5.28. The van der Waals surface area contributed by atoms with Gasteiger partial charge in [0.05, 0.1) is 12.1 Å². The van der Waals surface area contributed by atoms with E-state index in [1.54, 1.807) is 0 Å². The van der Waals surface area contributed by atoms with Gasteiger partial charge in [-0.2, -0.15) is 8.78 Å². The van der Waals surface area contributed by atoms with Crippen molar-refractivity contribution in [2.24, 2.45) is 0 Å². The van der Waals surface area contributed by atoms with Crippen LogP contribution in [0.15, 0.2) is 61.1 Å². The molecule has 0 saturated carbocycles. The number of hydrogen-bond donors (Lipinski definition) is 1. The highest BCUT2D eigenvalue weighted by atomic mass is 19.4. The molecule has 0 aliphatic heterocycles. The van der Waals surface area contributed by atoms with Gasteiger partial charge in [0.25, 0.3) is 0 Å². The number of pyridine rings is 1. The molecular formula is C24H13F8N5O2. The SMILES string of the molecule is OC(Cn1cnnn1)(c1ccc(F)cc1F)C(F)(F)c1ccc(C#Cc2ccc(OC(F)(F)F)cc2F)cn1. The summed E-state index contributed by atoms with van der Waals surface area (Å²) >= 11 is 0. The summed E-state index contributed by atoms with van der Waals surface area (Å²) in [5.74, 6) is -4.01. The Bertz CT molecular complexity index is 1530. The van der Waals surface area contributed by atoms with Crippen LogP contribution in [-0.2, 0) is 18.1 Å². The normalized spacial score (nSPS) is 13.4. The Morgan fingerprint density at radius 3 is 2.26 bits per heavy atom. The molecule has 4 rings (SSSR count). The molecule has 7 nitrogen and oxygen atoms in total. The van der Waals surface area contributed by atoms with Crippen LogP contribution in [0.3, 0.4) is 0 Å². The van der Waals surface area contributed by atoms with Crippen molar-refractivity contribution in [3.63, 3.8) is 0 Å². The van der Waals surface area contributed by atoms with E-state index >= 15 is 8.78 Å². The van der Waals surface area contributed by atoms with E-state index in [0.717, 1.165) is 41.5 Å². The predicted molar refractivity (Wildman–Crippen MR) is 115 cm³/mol. The largest absolute Gasteiger partial charge is 0.573 e. The maximum absolute atomic E-state index is 15.7. The zero-order valence-electron chi connectivity index (χ0n) is 19.1. The first-order chi connectivity index (χ1) is 18.3. The molecule has 0 aliphatic rings. The lowest BCUT2D eigenvalue weighted by molar-refractivity contribution is -0.274. The van der Waals surface area contributed by atoms with Crippen LogP contribution in [0, 0.1) is 29.3 Å². The number of ether oxygens (including phenoxy) is 1. The average molecular weight is 555 g/mol. The Balaban J connectivity index is 1.64. The number of benzene rings is 2. The van der Waals surface area contributed by atoms with Gasteiger partial charge in [0.2, 0.25) is 0 Å². The minimum absolute atomic E-state index is 0.0125. The first-order valence-electron chi connectivity index (χ1n) is 10.6. The van der Waals surface area contributed by atoms with Crippen LogP contribution in [0.25, 0.3) is 0 Å². The zero-order valence-corrected chi connectivity index (χ0v) is 19.1. The van der Waals surface area contributed by atoms with E-state index in [2.05, 4.69) is 37.1 Å². The smallest absolute Gasteiger partial charge is 0.406 e. The van der Waals surface area contributed by atoms with Crippen LogP contribution >= 0.6 is 0 Å². The Kier molecular flexibility index (Phi) is 7.25. The van der Waals surface area contributed by atoms with Crippen molar-refractivity contribution in [1.29, 1.82) is 0 Å². The lowest BCUT2D eigenvalue weighted by atomic mass is 9.84. The van der Waals surface area contributed by atoms with Gasteiger partial charge < -0.3 is 9.84 Å². The van der Waals surface area contributed by atoms with Gasteiger partial charge in [0.1, 0.15) is 35.2 Å². The number of halogens is 8. The molecule has 4 aromatic rings. The van der Waals surface area contributed by atoms with Crippen LogP contribution in [0.5, 0.6) is 5.75 Å². The number of tetrazole rings is 1. The van der Waals surface area contributed by atoms with Crippen molar-refractivity contribution < 1.29 is 45.0 Å². The maximum Gasteiger partial charge on any atom is 0.573 e. The summed E-state index contributed by atoms with van der Waals surface area (Å²) < 4.78 is 115. The van der Waals surface area contributed by atoms with Crippen molar-refractivity contribution in [2.45, 2.75) is 24.4 Å². The van der Waals surface area contributed by atoms with Crippen LogP contribution < -0.4 is 4.74 Å². The van der Waals surface area contributed by atoms with Gasteiger partial charge in [0.15, 0.2) is 5.60 Å². The van der Waals surface area contributed by atoms with E-state index in [1.165, 1.54) is 0 Å². The molecule has 0 fully saturated rings. The quantitative estimate of drug-likeness (QED) is 0.279. The highest BCUT2D eigenvalue weighted by Gasteiger charge is 2.58. The van der Waals surface area contributed by atoms with Crippen molar-refractivity contribution in [1.82, 2.24) is 25.2 Å². The molecule has 0 amide bonds. The molecular weight excluding hydrogens is 542 g/mol. The lowest BCUT2D eigenvalue weighted by Gasteiger charge is -2.35. The summed E-state index contributed by atoms with van der Waals surface area (Å²) in [6.07, 6.45) is -3.26. The van der Waals surface area contributed by atoms with Gasteiger partial charge in [-0.1, -0.05) is 11.8 Å². The minimum Gasteiger partial charge on any atom is -0.406 e. The van der Waals surface area contributed by atoms with Gasteiger partial charge in [-0.15, -0.1) is 18.3 Å². The van der Waals surface area contributed by atoms with Crippen LogP contribution in [0.1, 0.15) is 22.4 Å². The fraction of sp³-hybridized carbons (Fsp3) is 0.167. The van der Waals surface area contributed by atoms with Crippen molar-refractivity contribution in [2.75, 3.05) is 0 Å². The standard InChI is InChI=1S/C24H13F8N5O2/c25-16-5-7-18(20(27)9-16)22(38,12-37-13-34-35-36-37)23(28,29)21-8-2-14(11-33-21)1-3-15-4-6-17(10-19(15)26)39-24(30,31)32/h2,4-11,13,38H,12H2. The summed E-state index contributed by atoms with van der Waals surface area (Å²) in [4.78, 5) is 3.60. The fourth-order valence-electron chi connectivity index (χ4n) is 3.46. The molecule has 2 heterocycles. The van der Waals surface area contributed by atoms with Gasteiger partial charge in [-0.05, 0) is 46.8 Å². The molecule has 0 aliphatic carbocycles. The second kappa shape index (κ2) is 10.3. The number of hydrogen-bond acceptors (Lipinski definition) is 6. The topological polar surface area (TPSA) is 86.0 Å². The molecule has 0 spiro atoms. The number of alkyl halides is 5. The molecule has 15 heteroatoms. The van der Waals surface area contributed by atoms with E-state index in [0.29, 0.717) is 24.3 Å². The first-order valence-corrected chi connectivity index (χ1v) is 10.6. The highest BCUT2D eigenvalue weighted by Crippen LogP contribution is 2.46. The summed E-state index contributed by atoms with van der Waals surface area (Å²) in [7, 11) is 0. The van der Waals surface area contributed by atoms with Gasteiger partial charge in [-0.25, -0.2) is 17.9 Å². The minimum atomic E-state index is -5.02. The molecule has 2 aromatic heterocycles. The molecule has 2 aromatic carbocycles. The first kappa shape index (κ1) is 27.5. The molecule has 202 valence electrons. The predicted octanol–water partition coefficient (Wildman–Crippen LogP) is 4.46. The molecule has 1 atom stereocenters. The Labute approximate surface area is 213 Å². The molecule has 39 heavy (non-hydrogen) atoms. The monoisotopic (exact) mass is 555 g/mol. The molecule has 1 unspecified atom stereocenters. The van der Waals surface area contributed by atoms with Crippen LogP contribution in [0.4, 0.5) is 35.1 Å².